The van der Waals surface area contributed by atoms with E-state index in [9.17, 15) is 9.59 Å². The molecular weight excluding hydrogens is 384 g/mol. The van der Waals surface area contributed by atoms with Gasteiger partial charge in [0.2, 0.25) is 0 Å². The molecular formula is C23H18N2O3S. The van der Waals surface area contributed by atoms with Gasteiger partial charge in [0.25, 0.3) is 5.91 Å². The van der Waals surface area contributed by atoms with Crippen LogP contribution in [0.4, 0.5) is 0 Å². The van der Waals surface area contributed by atoms with Crippen molar-refractivity contribution >= 4 is 38.4 Å². The van der Waals surface area contributed by atoms with Crippen molar-refractivity contribution in [1.29, 1.82) is 0 Å². The van der Waals surface area contributed by atoms with Gasteiger partial charge in [-0.1, -0.05) is 55.4 Å². The number of fused-ring (bicyclic) bond motifs is 2. The molecule has 2 aromatic heterocycles. The van der Waals surface area contributed by atoms with Gasteiger partial charge in [0.1, 0.15) is 11.1 Å². The van der Waals surface area contributed by atoms with Crippen molar-refractivity contribution in [1.82, 2.24) is 4.57 Å². The first-order valence-corrected chi connectivity index (χ1v) is 9.98. The Kier molecular flexibility index (Phi) is 4.91. The fraction of sp³-hybridized carbons (Fsp3) is 0.174. The fourth-order valence-corrected chi connectivity index (χ4v) is 4.21. The third kappa shape index (κ3) is 3.53. The third-order valence-corrected chi connectivity index (χ3v) is 5.73. The van der Waals surface area contributed by atoms with Crippen LogP contribution >= 0.6 is 11.3 Å². The van der Waals surface area contributed by atoms with Crippen LogP contribution in [0.25, 0.3) is 21.2 Å². The summed E-state index contributed by atoms with van der Waals surface area (Å²) >= 11 is 1.38. The van der Waals surface area contributed by atoms with Crippen LogP contribution in [0, 0.1) is 12.3 Å². The van der Waals surface area contributed by atoms with E-state index in [1.807, 2.05) is 16.7 Å². The van der Waals surface area contributed by atoms with Gasteiger partial charge >= 0.3 is 5.63 Å². The monoisotopic (exact) mass is 402 g/mol. The van der Waals surface area contributed by atoms with Crippen LogP contribution in [0.1, 0.15) is 35.7 Å². The number of rotatable bonds is 3. The standard InChI is InChI=1S/C23H18N2O3S/c1-4-11-25-18-10-9-15(14(2)3)13-20(18)29-23(25)24-21(26)17-12-16-7-5-6-8-19(16)28-22(17)27/h1,5-10,12-14H,11H2,2-3H3. The zero-order chi connectivity index (χ0) is 20.5. The second-order valence-electron chi connectivity index (χ2n) is 6.96. The number of para-hydroxylation sites is 1. The van der Waals surface area contributed by atoms with Crippen LogP contribution in [-0.4, -0.2) is 10.5 Å². The highest BCUT2D eigenvalue weighted by Gasteiger charge is 2.15. The minimum absolute atomic E-state index is 0.101. The Balaban J connectivity index is 1.88. The Morgan fingerprint density at radius 3 is 2.79 bits per heavy atom. The maximum absolute atomic E-state index is 12.8. The minimum Gasteiger partial charge on any atom is -0.422 e. The average Bonchev–Trinajstić information content (AvgIpc) is 3.04. The van der Waals surface area contributed by atoms with Gasteiger partial charge in [0.05, 0.1) is 16.8 Å². The molecule has 4 aromatic rings. The van der Waals surface area contributed by atoms with Crippen molar-refractivity contribution in [2.24, 2.45) is 4.99 Å². The minimum atomic E-state index is -0.704. The van der Waals surface area contributed by atoms with E-state index in [-0.39, 0.29) is 12.1 Å². The molecule has 0 N–H and O–H groups in total. The number of nitrogens with zero attached hydrogens (tertiary/aromatic N) is 2. The van der Waals surface area contributed by atoms with Crippen molar-refractivity contribution in [3.05, 3.63) is 74.9 Å². The molecule has 2 heterocycles. The lowest BCUT2D eigenvalue weighted by atomic mass is 10.0. The van der Waals surface area contributed by atoms with Gasteiger partial charge in [-0.2, -0.15) is 4.99 Å². The van der Waals surface area contributed by atoms with Gasteiger partial charge in [-0.25, -0.2) is 4.79 Å². The number of aromatic nitrogens is 1. The van der Waals surface area contributed by atoms with Crippen LogP contribution in [0.3, 0.4) is 0 Å². The first-order chi connectivity index (χ1) is 14.0. The molecule has 2 aromatic carbocycles. The maximum Gasteiger partial charge on any atom is 0.349 e. The average molecular weight is 402 g/mol. The second-order valence-corrected chi connectivity index (χ2v) is 7.97. The SMILES string of the molecule is C#CCn1c(=NC(=O)c2cc3ccccc3oc2=O)sc2cc(C(C)C)ccc21. The number of thiazole rings is 1. The summed E-state index contributed by atoms with van der Waals surface area (Å²) in [6.45, 7) is 4.52. The molecule has 0 saturated heterocycles. The number of benzene rings is 2. The van der Waals surface area contributed by atoms with Gasteiger partial charge < -0.3 is 8.98 Å². The highest BCUT2D eigenvalue weighted by molar-refractivity contribution is 7.16. The molecule has 0 fully saturated rings. The van der Waals surface area contributed by atoms with Gasteiger partial charge in [-0.05, 0) is 35.7 Å². The Morgan fingerprint density at radius 1 is 1.24 bits per heavy atom. The highest BCUT2D eigenvalue weighted by Crippen LogP contribution is 2.23. The molecule has 0 saturated carbocycles. The van der Waals surface area contributed by atoms with Crippen LogP contribution in [0.15, 0.2) is 62.7 Å². The quantitative estimate of drug-likeness (QED) is 0.379. The number of amides is 1. The van der Waals surface area contributed by atoms with Crippen LogP contribution in [-0.2, 0) is 6.54 Å². The van der Waals surface area contributed by atoms with Crippen molar-refractivity contribution in [2.75, 3.05) is 0 Å². The summed E-state index contributed by atoms with van der Waals surface area (Å²) in [7, 11) is 0. The lowest BCUT2D eigenvalue weighted by Crippen LogP contribution is -2.19. The number of hydrogen-bond acceptors (Lipinski definition) is 4. The third-order valence-electron chi connectivity index (χ3n) is 4.69. The summed E-state index contributed by atoms with van der Waals surface area (Å²) in [5.41, 5.74) is 1.73. The topological polar surface area (TPSA) is 64.6 Å². The Morgan fingerprint density at radius 2 is 2.03 bits per heavy atom. The molecule has 0 aliphatic heterocycles. The van der Waals surface area contributed by atoms with Crippen molar-refractivity contribution in [2.45, 2.75) is 26.3 Å². The summed E-state index contributed by atoms with van der Waals surface area (Å²) in [6.07, 6.45) is 5.53. The summed E-state index contributed by atoms with van der Waals surface area (Å²) in [4.78, 5) is 29.8. The summed E-state index contributed by atoms with van der Waals surface area (Å²) in [5.74, 6) is 2.34. The summed E-state index contributed by atoms with van der Waals surface area (Å²) < 4.78 is 8.06. The molecule has 0 aliphatic rings. The predicted octanol–water partition coefficient (Wildman–Crippen LogP) is 4.31. The summed E-state index contributed by atoms with van der Waals surface area (Å²) in [6, 6.07) is 14.7. The van der Waals surface area contributed by atoms with Crippen molar-refractivity contribution in [3.63, 3.8) is 0 Å². The molecule has 4 rings (SSSR count). The van der Waals surface area contributed by atoms with Gasteiger partial charge in [-0.3, -0.25) is 4.79 Å². The smallest absolute Gasteiger partial charge is 0.349 e. The highest BCUT2D eigenvalue weighted by atomic mass is 32.1. The molecule has 6 heteroatoms. The zero-order valence-corrected chi connectivity index (χ0v) is 16.8. The molecule has 144 valence electrons. The van der Waals surface area contributed by atoms with Gasteiger partial charge in [0.15, 0.2) is 4.80 Å². The van der Waals surface area contributed by atoms with E-state index in [1.165, 1.54) is 23.0 Å². The number of carbonyl (C=O) groups is 1. The van der Waals surface area contributed by atoms with Gasteiger partial charge in [0, 0.05) is 5.39 Å². The Bertz CT molecular complexity index is 1410. The Labute approximate surface area is 170 Å². The van der Waals surface area contributed by atoms with E-state index < -0.39 is 11.5 Å². The molecule has 0 bridgehead atoms. The number of hydrogen-bond donors (Lipinski definition) is 0. The first-order valence-electron chi connectivity index (χ1n) is 9.16. The summed E-state index contributed by atoms with van der Waals surface area (Å²) in [5, 5.41) is 0.667. The molecule has 0 aliphatic carbocycles. The van der Waals surface area contributed by atoms with E-state index in [1.54, 1.807) is 18.2 Å². The molecule has 1 amide bonds. The van der Waals surface area contributed by atoms with Crippen molar-refractivity contribution < 1.29 is 9.21 Å². The normalized spacial score (nSPS) is 12.0. The van der Waals surface area contributed by atoms with Crippen LogP contribution in [0.5, 0.6) is 0 Å². The molecule has 5 nitrogen and oxygen atoms in total. The molecule has 0 unspecified atom stereocenters. The number of terminal acetylenes is 1. The molecule has 29 heavy (non-hydrogen) atoms. The Hall–Kier alpha value is -3.43. The maximum atomic E-state index is 12.8. The van der Waals surface area contributed by atoms with Gasteiger partial charge in [-0.15, -0.1) is 6.42 Å². The molecule has 0 radical (unpaired) electrons. The lowest BCUT2D eigenvalue weighted by molar-refractivity contribution is 0.0994. The first kappa shape index (κ1) is 18.9. The van der Waals surface area contributed by atoms with E-state index in [0.29, 0.717) is 21.7 Å². The lowest BCUT2D eigenvalue weighted by Gasteiger charge is -2.05. The van der Waals surface area contributed by atoms with Crippen LogP contribution < -0.4 is 10.4 Å². The molecule has 0 spiro atoms. The van der Waals surface area contributed by atoms with Crippen molar-refractivity contribution in [3.8, 4) is 12.3 Å². The van der Waals surface area contributed by atoms with E-state index >= 15 is 0 Å². The largest absolute Gasteiger partial charge is 0.422 e. The molecule has 0 atom stereocenters. The van der Waals surface area contributed by atoms with E-state index in [4.69, 9.17) is 10.8 Å². The van der Waals surface area contributed by atoms with E-state index in [0.717, 1.165) is 10.2 Å². The predicted molar refractivity (Wildman–Crippen MR) is 115 cm³/mol. The second kappa shape index (κ2) is 7.53. The zero-order valence-electron chi connectivity index (χ0n) is 16.0. The number of carbonyl (C=O) groups excluding carboxylic acids is 1. The fourth-order valence-electron chi connectivity index (χ4n) is 3.14. The van der Waals surface area contributed by atoms with E-state index in [2.05, 4.69) is 36.9 Å². The van der Waals surface area contributed by atoms with Crippen LogP contribution in [0.2, 0.25) is 0 Å².